The van der Waals surface area contributed by atoms with E-state index in [0.717, 1.165) is 0 Å². The summed E-state index contributed by atoms with van der Waals surface area (Å²) in [5.74, 6) is -1.14. The normalized spacial score (nSPS) is 10.8. The number of anilines is 1. The summed E-state index contributed by atoms with van der Waals surface area (Å²) in [6.07, 6.45) is 0. The molecule has 6 heteroatoms. The number of nitrogen functional groups attached to an aromatic ring is 1. The third-order valence-electron chi connectivity index (χ3n) is 3.20. The average molecular weight is 285 g/mol. The predicted octanol–water partition coefficient (Wildman–Crippen LogP) is 2.74. The zero-order valence-corrected chi connectivity index (χ0v) is 11.2. The Labute approximate surface area is 119 Å². The largest absolute Gasteiger partial charge is 0.465 e. The molecule has 0 saturated heterocycles. The lowest BCUT2D eigenvalue weighted by Gasteiger charge is -2.10. The molecule has 3 aromatic rings. The number of fused-ring (bicyclic) bond motifs is 1. The van der Waals surface area contributed by atoms with E-state index in [9.17, 15) is 9.18 Å². The lowest BCUT2D eigenvalue weighted by molar-refractivity contribution is 0.0601. The highest BCUT2D eigenvalue weighted by molar-refractivity contribution is 6.02. The van der Waals surface area contributed by atoms with E-state index in [-0.39, 0.29) is 22.6 Å². The monoisotopic (exact) mass is 285 g/mol. The molecular weight excluding hydrogens is 273 g/mol. The Kier molecular flexibility index (Phi) is 3.06. The van der Waals surface area contributed by atoms with Crippen molar-refractivity contribution in [1.82, 2.24) is 9.97 Å². The number of carbonyl (C=O) groups excluding carboxylic acids is 1. The Hall–Kier alpha value is -2.89. The number of carbonyl (C=O) groups is 1. The standard InChI is InChI=1S/C15H12FN3O2/c1-21-14(20)9-7-10-13(19-15(17)18-10)12(16)11(9)8-5-3-2-4-6-8/h2-7H,1H3,(H3,17,18,19). The number of halogens is 1. The Bertz CT molecular complexity index is 828. The van der Waals surface area contributed by atoms with E-state index in [2.05, 4.69) is 9.97 Å². The summed E-state index contributed by atoms with van der Waals surface area (Å²) in [6, 6.07) is 10.3. The first-order chi connectivity index (χ1) is 10.1. The molecule has 0 unspecified atom stereocenters. The summed E-state index contributed by atoms with van der Waals surface area (Å²) in [5, 5.41) is 0. The third kappa shape index (κ3) is 2.10. The highest BCUT2D eigenvalue weighted by Crippen LogP contribution is 2.32. The van der Waals surface area contributed by atoms with Gasteiger partial charge in [-0.1, -0.05) is 30.3 Å². The van der Waals surface area contributed by atoms with Gasteiger partial charge in [0.1, 0.15) is 5.52 Å². The molecule has 0 radical (unpaired) electrons. The van der Waals surface area contributed by atoms with Crippen LogP contribution in [0.1, 0.15) is 10.4 Å². The Morgan fingerprint density at radius 3 is 2.71 bits per heavy atom. The van der Waals surface area contributed by atoms with Crippen molar-refractivity contribution in [3.63, 3.8) is 0 Å². The first kappa shape index (κ1) is 13.1. The molecule has 0 atom stereocenters. The molecule has 21 heavy (non-hydrogen) atoms. The smallest absolute Gasteiger partial charge is 0.338 e. The number of imidazole rings is 1. The van der Waals surface area contributed by atoms with Crippen molar-refractivity contribution < 1.29 is 13.9 Å². The van der Waals surface area contributed by atoms with Crippen molar-refractivity contribution in [2.75, 3.05) is 12.8 Å². The summed E-state index contributed by atoms with van der Waals surface area (Å²) >= 11 is 0. The van der Waals surface area contributed by atoms with Gasteiger partial charge in [-0.15, -0.1) is 0 Å². The van der Waals surface area contributed by atoms with Crippen LogP contribution in [-0.4, -0.2) is 23.0 Å². The molecule has 0 fully saturated rings. The van der Waals surface area contributed by atoms with Crippen LogP contribution in [0.3, 0.4) is 0 Å². The van der Waals surface area contributed by atoms with Crippen LogP contribution in [0.2, 0.25) is 0 Å². The number of nitrogens with zero attached hydrogens (tertiary/aromatic N) is 1. The van der Waals surface area contributed by atoms with E-state index in [4.69, 9.17) is 10.5 Å². The highest BCUT2D eigenvalue weighted by atomic mass is 19.1. The minimum absolute atomic E-state index is 0.0879. The van der Waals surface area contributed by atoms with Gasteiger partial charge in [0.15, 0.2) is 11.8 Å². The van der Waals surface area contributed by atoms with Crippen molar-refractivity contribution in [1.29, 1.82) is 0 Å². The van der Waals surface area contributed by atoms with Gasteiger partial charge in [0.05, 0.1) is 18.2 Å². The number of H-pyrrole nitrogens is 1. The maximum atomic E-state index is 14.8. The molecule has 5 nitrogen and oxygen atoms in total. The Morgan fingerprint density at radius 1 is 1.33 bits per heavy atom. The highest BCUT2D eigenvalue weighted by Gasteiger charge is 2.22. The van der Waals surface area contributed by atoms with Crippen molar-refractivity contribution >= 4 is 23.0 Å². The van der Waals surface area contributed by atoms with E-state index in [1.54, 1.807) is 24.3 Å². The Morgan fingerprint density at radius 2 is 2.05 bits per heavy atom. The maximum Gasteiger partial charge on any atom is 0.338 e. The minimum atomic E-state index is -0.622. The van der Waals surface area contributed by atoms with Crippen LogP contribution >= 0.6 is 0 Å². The fraction of sp³-hybridized carbons (Fsp3) is 0.0667. The maximum absolute atomic E-state index is 14.8. The summed E-state index contributed by atoms with van der Waals surface area (Å²) in [4.78, 5) is 18.6. The van der Waals surface area contributed by atoms with Crippen molar-refractivity contribution in [2.24, 2.45) is 0 Å². The van der Waals surface area contributed by atoms with Crippen molar-refractivity contribution in [3.8, 4) is 11.1 Å². The molecule has 1 aromatic heterocycles. The van der Waals surface area contributed by atoms with Gasteiger partial charge in [0.2, 0.25) is 0 Å². The summed E-state index contributed by atoms with van der Waals surface area (Å²) in [7, 11) is 1.25. The van der Waals surface area contributed by atoms with E-state index in [1.807, 2.05) is 6.07 Å². The number of ether oxygens (including phenoxy) is 1. The molecule has 1 heterocycles. The fourth-order valence-electron chi connectivity index (χ4n) is 2.29. The van der Waals surface area contributed by atoms with E-state index in [0.29, 0.717) is 11.1 Å². The molecule has 3 N–H and O–H groups in total. The SMILES string of the molecule is COC(=O)c1cc2[nH]c(N)nc2c(F)c1-c1ccccc1. The number of nitrogens with one attached hydrogen (secondary N) is 1. The molecule has 0 bridgehead atoms. The molecule has 2 aromatic carbocycles. The number of nitrogens with two attached hydrogens (primary N) is 1. The van der Waals surface area contributed by atoms with Gasteiger partial charge >= 0.3 is 5.97 Å². The van der Waals surface area contributed by atoms with Gasteiger partial charge in [-0.2, -0.15) is 0 Å². The second kappa shape index (κ2) is 4.90. The van der Waals surface area contributed by atoms with Gasteiger partial charge < -0.3 is 15.5 Å². The van der Waals surface area contributed by atoms with Crippen LogP contribution in [0.15, 0.2) is 36.4 Å². The zero-order chi connectivity index (χ0) is 15.0. The zero-order valence-electron chi connectivity index (χ0n) is 11.2. The summed E-state index contributed by atoms with van der Waals surface area (Å²) in [5.41, 5.74) is 6.85. The molecule has 0 spiro atoms. The molecule has 0 aliphatic heterocycles. The molecule has 106 valence electrons. The second-order valence-corrected chi connectivity index (χ2v) is 4.49. The molecule has 0 aliphatic rings. The number of rotatable bonds is 2. The topological polar surface area (TPSA) is 81.0 Å². The van der Waals surface area contributed by atoms with Crippen LogP contribution < -0.4 is 5.73 Å². The van der Waals surface area contributed by atoms with Crippen LogP contribution in [0.25, 0.3) is 22.2 Å². The van der Waals surface area contributed by atoms with E-state index in [1.165, 1.54) is 13.2 Å². The lowest BCUT2D eigenvalue weighted by Crippen LogP contribution is -2.06. The van der Waals surface area contributed by atoms with Gasteiger partial charge in [-0.25, -0.2) is 14.2 Å². The van der Waals surface area contributed by atoms with E-state index >= 15 is 0 Å². The van der Waals surface area contributed by atoms with Crippen LogP contribution in [-0.2, 0) is 4.74 Å². The van der Waals surface area contributed by atoms with Gasteiger partial charge in [0, 0.05) is 5.56 Å². The van der Waals surface area contributed by atoms with Crippen molar-refractivity contribution in [2.45, 2.75) is 0 Å². The number of hydrogen-bond donors (Lipinski definition) is 2. The second-order valence-electron chi connectivity index (χ2n) is 4.49. The quantitative estimate of drug-likeness (QED) is 0.709. The minimum Gasteiger partial charge on any atom is -0.465 e. The van der Waals surface area contributed by atoms with Gasteiger partial charge in [-0.05, 0) is 11.6 Å². The average Bonchev–Trinajstić information content (AvgIpc) is 2.88. The van der Waals surface area contributed by atoms with Crippen LogP contribution in [0.4, 0.5) is 10.3 Å². The predicted molar refractivity (Wildman–Crippen MR) is 77.2 cm³/mol. The number of benzene rings is 2. The molecule has 0 aliphatic carbocycles. The lowest BCUT2D eigenvalue weighted by atomic mass is 9.98. The molecular formula is C15H12FN3O2. The number of aromatic amines is 1. The molecule has 3 rings (SSSR count). The first-order valence-electron chi connectivity index (χ1n) is 6.23. The summed E-state index contributed by atoms with van der Waals surface area (Å²) in [6.45, 7) is 0. The van der Waals surface area contributed by atoms with Crippen LogP contribution in [0.5, 0.6) is 0 Å². The van der Waals surface area contributed by atoms with Gasteiger partial charge in [0.25, 0.3) is 0 Å². The number of esters is 1. The Balaban J connectivity index is 2.39. The number of hydrogen-bond acceptors (Lipinski definition) is 4. The van der Waals surface area contributed by atoms with E-state index < -0.39 is 11.8 Å². The third-order valence-corrected chi connectivity index (χ3v) is 3.20. The fourth-order valence-corrected chi connectivity index (χ4v) is 2.29. The summed E-state index contributed by atoms with van der Waals surface area (Å²) < 4.78 is 19.5. The van der Waals surface area contributed by atoms with Gasteiger partial charge in [-0.3, -0.25) is 0 Å². The number of aromatic nitrogens is 2. The van der Waals surface area contributed by atoms with Crippen LogP contribution in [0, 0.1) is 5.82 Å². The molecule has 0 saturated carbocycles. The van der Waals surface area contributed by atoms with Crippen molar-refractivity contribution in [3.05, 3.63) is 47.8 Å². The first-order valence-corrected chi connectivity index (χ1v) is 6.23. The number of methoxy groups -OCH3 is 1. The molecule has 0 amide bonds.